The Morgan fingerprint density at radius 2 is 2.00 bits per heavy atom. The number of Topliss-reactive ketones (excluding diaryl/α,β-unsaturated/α-hetero) is 1. The van der Waals surface area contributed by atoms with E-state index >= 15 is 0 Å². The Labute approximate surface area is 124 Å². The summed E-state index contributed by atoms with van der Waals surface area (Å²) < 4.78 is 18.4. The molecule has 0 spiro atoms. The van der Waals surface area contributed by atoms with Crippen LogP contribution in [0.1, 0.15) is 30.1 Å². The van der Waals surface area contributed by atoms with E-state index in [4.69, 9.17) is 9.84 Å². The van der Waals surface area contributed by atoms with Crippen molar-refractivity contribution in [2.75, 3.05) is 26.3 Å². The van der Waals surface area contributed by atoms with Crippen LogP contribution >= 0.6 is 0 Å². The van der Waals surface area contributed by atoms with Gasteiger partial charge in [-0.15, -0.1) is 0 Å². The highest BCUT2D eigenvalue weighted by Gasteiger charge is 2.27. The zero-order valence-electron chi connectivity index (χ0n) is 12.3. The molecule has 4 nitrogen and oxygen atoms in total. The lowest BCUT2D eigenvalue weighted by molar-refractivity contribution is -0.0125. The second-order valence-corrected chi connectivity index (χ2v) is 5.38. The first-order valence-corrected chi connectivity index (χ1v) is 7.38. The molecule has 1 unspecified atom stereocenters. The van der Waals surface area contributed by atoms with E-state index in [2.05, 4.69) is 4.90 Å². The van der Waals surface area contributed by atoms with Gasteiger partial charge in [-0.1, -0.05) is 0 Å². The Hall–Kier alpha value is -1.30. The molecule has 0 amide bonds. The predicted molar refractivity (Wildman–Crippen MR) is 77.8 cm³/mol. The number of aliphatic hydroxyl groups is 1. The fourth-order valence-corrected chi connectivity index (χ4v) is 2.67. The van der Waals surface area contributed by atoms with Crippen LogP contribution in [0.5, 0.6) is 0 Å². The molecule has 21 heavy (non-hydrogen) atoms. The SMILES string of the molecule is CC(C(=O)c1ccc(F)cc1)N1CCC(OCCO)CC1. The zero-order chi connectivity index (χ0) is 15.2. The summed E-state index contributed by atoms with van der Waals surface area (Å²) >= 11 is 0. The quantitative estimate of drug-likeness (QED) is 0.814. The van der Waals surface area contributed by atoms with Gasteiger partial charge in [-0.25, -0.2) is 4.39 Å². The van der Waals surface area contributed by atoms with Gasteiger partial charge in [-0.3, -0.25) is 9.69 Å². The molecule has 1 aliphatic heterocycles. The standard InChI is InChI=1S/C16H22FNO3/c1-12(16(20)13-2-4-14(17)5-3-13)18-8-6-15(7-9-18)21-11-10-19/h2-5,12,15,19H,6-11H2,1H3. The fraction of sp³-hybridized carbons (Fsp3) is 0.562. The molecule has 1 heterocycles. The van der Waals surface area contributed by atoms with Gasteiger partial charge in [0.1, 0.15) is 5.82 Å². The Kier molecular flexibility index (Phi) is 5.85. The summed E-state index contributed by atoms with van der Waals surface area (Å²) in [6.07, 6.45) is 1.89. The second kappa shape index (κ2) is 7.64. The lowest BCUT2D eigenvalue weighted by Crippen LogP contribution is -2.45. The minimum Gasteiger partial charge on any atom is -0.394 e. The Balaban J connectivity index is 1.88. The molecule has 1 atom stereocenters. The molecule has 0 saturated carbocycles. The average Bonchev–Trinajstić information content (AvgIpc) is 2.53. The van der Waals surface area contributed by atoms with Gasteiger partial charge in [-0.2, -0.15) is 0 Å². The fourth-order valence-electron chi connectivity index (χ4n) is 2.67. The Morgan fingerprint density at radius 1 is 1.38 bits per heavy atom. The average molecular weight is 295 g/mol. The molecule has 1 aromatic carbocycles. The van der Waals surface area contributed by atoms with Crippen molar-refractivity contribution in [2.24, 2.45) is 0 Å². The van der Waals surface area contributed by atoms with Crippen LogP contribution in [0.15, 0.2) is 24.3 Å². The molecular formula is C16H22FNO3. The van der Waals surface area contributed by atoms with E-state index < -0.39 is 0 Å². The third-order valence-corrected chi connectivity index (χ3v) is 3.98. The number of ether oxygens (including phenoxy) is 1. The van der Waals surface area contributed by atoms with Gasteiger partial charge in [0.15, 0.2) is 5.78 Å². The van der Waals surface area contributed by atoms with Crippen molar-refractivity contribution in [3.05, 3.63) is 35.6 Å². The van der Waals surface area contributed by atoms with Crippen molar-refractivity contribution >= 4 is 5.78 Å². The van der Waals surface area contributed by atoms with Crippen molar-refractivity contribution in [1.29, 1.82) is 0 Å². The molecule has 0 radical (unpaired) electrons. The highest BCUT2D eigenvalue weighted by molar-refractivity contribution is 5.99. The third kappa shape index (κ3) is 4.33. The summed E-state index contributed by atoms with van der Waals surface area (Å²) in [7, 11) is 0. The summed E-state index contributed by atoms with van der Waals surface area (Å²) in [6.45, 7) is 3.89. The minimum atomic E-state index is -0.332. The van der Waals surface area contributed by atoms with E-state index in [9.17, 15) is 9.18 Å². The molecule has 116 valence electrons. The topological polar surface area (TPSA) is 49.8 Å². The molecule has 0 bridgehead atoms. The van der Waals surface area contributed by atoms with E-state index in [-0.39, 0.29) is 30.4 Å². The largest absolute Gasteiger partial charge is 0.394 e. The maximum Gasteiger partial charge on any atom is 0.179 e. The van der Waals surface area contributed by atoms with Crippen molar-refractivity contribution in [2.45, 2.75) is 31.9 Å². The van der Waals surface area contributed by atoms with Gasteiger partial charge < -0.3 is 9.84 Å². The highest BCUT2D eigenvalue weighted by atomic mass is 19.1. The van der Waals surface area contributed by atoms with Crippen LogP contribution in [0.2, 0.25) is 0 Å². The maximum absolute atomic E-state index is 12.9. The lowest BCUT2D eigenvalue weighted by Gasteiger charge is -2.35. The molecule has 0 aromatic heterocycles. The Bertz CT molecular complexity index is 455. The number of rotatable bonds is 6. The van der Waals surface area contributed by atoms with E-state index in [1.54, 1.807) is 0 Å². The normalized spacial score (nSPS) is 18.6. The first kappa shape index (κ1) is 16.1. The lowest BCUT2D eigenvalue weighted by atomic mass is 10.0. The third-order valence-electron chi connectivity index (χ3n) is 3.98. The molecule has 2 rings (SSSR count). The van der Waals surface area contributed by atoms with Gasteiger partial charge in [0.25, 0.3) is 0 Å². The predicted octanol–water partition coefficient (Wildman–Crippen LogP) is 1.87. The van der Waals surface area contributed by atoms with Gasteiger partial charge in [0.2, 0.25) is 0 Å². The smallest absolute Gasteiger partial charge is 0.179 e. The first-order valence-electron chi connectivity index (χ1n) is 7.38. The number of benzene rings is 1. The van der Waals surface area contributed by atoms with Crippen LogP contribution in [-0.2, 0) is 4.74 Å². The number of carbonyl (C=O) groups excluding carboxylic acids is 1. The summed E-state index contributed by atoms with van der Waals surface area (Å²) in [5.41, 5.74) is 0.544. The number of aliphatic hydroxyl groups excluding tert-OH is 1. The molecule has 1 aromatic rings. The maximum atomic E-state index is 12.9. The molecule has 1 N–H and O–H groups in total. The number of piperidine rings is 1. The van der Waals surface area contributed by atoms with Gasteiger partial charge in [0, 0.05) is 18.7 Å². The molecule has 1 aliphatic rings. The summed E-state index contributed by atoms with van der Waals surface area (Å²) in [5, 5.41) is 8.75. The monoisotopic (exact) mass is 295 g/mol. The number of nitrogens with zero attached hydrogens (tertiary/aromatic N) is 1. The summed E-state index contributed by atoms with van der Waals surface area (Å²) in [6, 6.07) is 5.48. The number of ketones is 1. The second-order valence-electron chi connectivity index (χ2n) is 5.38. The van der Waals surface area contributed by atoms with E-state index in [0.29, 0.717) is 12.2 Å². The van der Waals surface area contributed by atoms with Crippen LogP contribution < -0.4 is 0 Å². The van der Waals surface area contributed by atoms with Crippen molar-refractivity contribution in [3.8, 4) is 0 Å². The minimum absolute atomic E-state index is 0.0183. The molecule has 5 heteroatoms. The van der Waals surface area contributed by atoms with Gasteiger partial charge in [-0.05, 0) is 44.0 Å². The van der Waals surface area contributed by atoms with Crippen LogP contribution in [0, 0.1) is 5.82 Å². The van der Waals surface area contributed by atoms with E-state index in [1.807, 2.05) is 6.92 Å². The molecule has 0 aliphatic carbocycles. The number of hydrogen-bond acceptors (Lipinski definition) is 4. The van der Waals surface area contributed by atoms with Crippen molar-refractivity contribution in [1.82, 2.24) is 4.90 Å². The van der Waals surface area contributed by atoms with Gasteiger partial charge in [0.05, 0.1) is 25.4 Å². The van der Waals surface area contributed by atoms with Crippen molar-refractivity contribution < 1.29 is 19.0 Å². The van der Waals surface area contributed by atoms with Crippen LogP contribution in [0.25, 0.3) is 0 Å². The molecular weight excluding hydrogens is 273 g/mol. The van der Waals surface area contributed by atoms with Gasteiger partial charge >= 0.3 is 0 Å². The van der Waals surface area contributed by atoms with E-state index in [1.165, 1.54) is 24.3 Å². The molecule has 1 fully saturated rings. The van der Waals surface area contributed by atoms with Crippen LogP contribution in [0.3, 0.4) is 0 Å². The Morgan fingerprint density at radius 3 is 2.57 bits per heavy atom. The number of likely N-dealkylation sites (tertiary alicyclic amines) is 1. The summed E-state index contributed by atoms with van der Waals surface area (Å²) in [4.78, 5) is 14.5. The van der Waals surface area contributed by atoms with Crippen molar-refractivity contribution in [3.63, 3.8) is 0 Å². The highest BCUT2D eigenvalue weighted by Crippen LogP contribution is 2.18. The molecule has 1 saturated heterocycles. The van der Waals surface area contributed by atoms with E-state index in [0.717, 1.165) is 25.9 Å². The van der Waals surface area contributed by atoms with Crippen LogP contribution in [0.4, 0.5) is 4.39 Å². The zero-order valence-corrected chi connectivity index (χ0v) is 12.3. The number of hydrogen-bond donors (Lipinski definition) is 1. The first-order chi connectivity index (χ1) is 10.1. The number of halogens is 1. The van der Waals surface area contributed by atoms with Crippen LogP contribution in [-0.4, -0.2) is 54.2 Å². The summed E-state index contributed by atoms with van der Waals surface area (Å²) in [5.74, 6) is -0.314. The number of carbonyl (C=O) groups is 1.